The van der Waals surface area contributed by atoms with E-state index >= 15 is 0 Å². The van der Waals surface area contributed by atoms with Crippen LogP contribution in [0.3, 0.4) is 0 Å². The van der Waals surface area contributed by atoms with Crippen LogP contribution in [0.4, 0.5) is 0 Å². The van der Waals surface area contributed by atoms with Crippen molar-refractivity contribution < 1.29 is 19.8 Å². The number of carbonyl (C=O) groups is 2. The van der Waals surface area contributed by atoms with E-state index in [0.717, 1.165) is 12.8 Å². The molecule has 0 aromatic rings. The number of aliphatic carboxylic acids is 2. The van der Waals surface area contributed by atoms with Crippen molar-refractivity contribution in [3.05, 3.63) is 12.2 Å². The molecule has 0 unspecified atom stereocenters. The number of nitriles is 1. The number of nitrogens with zero attached hydrogens (tertiary/aromatic N) is 1. The summed E-state index contributed by atoms with van der Waals surface area (Å²) < 4.78 is 0. The Morgan fingerprint density at radius 3 is 1.75 bits per heavy atom. The molecule has 0 amide bonds. The van der Waals surface area contributed by atoms with Crippen LogP contribution in [0.2, 0.25) is 0 Å². The maximum absolute atomic E-state index is 9.55. The summed E-state index contributed by atoms with van der Waals surface area (Å²) in [6.07, 6.45) is 7.31. The fraction of sp³-hybridized carbons (Fsp3) is 0.545. The van der Waals surface area contributed by atoms with Crippen LogP contribution in [0.15, 0.2) is 12.2 Å². The van der Waals surface area contributed by atoms with Crippen LogP contribution in [0.25, 0.3) is 0 Å². The lowest BCUT2D eigenvalue weighted by Crippen LogP contribution is -2.02. The molecule has 2 N–H and O–H groups in total. The van der Waals surface area contributed by atoms with Gasteiger partial charge in [-0.25, -0.2) is 9.59 Å². The molecular weight excluding hydrogens is 210 g/mol. The Balaban J connectivity index is 0.000000281. The van der Waals surface area contributed by atoms with Crippen molar-refractivity contribution in [2.24, 2.45) is 5.92 Å². The van der Waals surface area contributed by atoms with Crippen LogP contribution in [0, 0.1) is 17.2 Å². The van der Waals surface area contributed by atoms with Gasteiger partial charge in [0.1, 0.15) is 0 Å². The molecule has 0 atom stereocenters. The number of hydrogen-bond donors (Lipinski definition) is 2. The minimum absolute atomic E-state index is 0.392. The summed E-state index contributed by atoms with van der Waals surface area (Å²) in [5.41, 5.74) is 0. The standard InChI is InChI=1S/C7H11N.C4H4O4/c8-6-7-4-2-1-3-5-7;5-3(6)1-2-4(7)8/h7H,1-5H2;1-2H,(H,5,6)(H,7,8)/b;2-1-. The van der Waals surface area contributed by atoms with Crippen molar-refractivity contribution >= 4 is 11.9 Å². The van der Waals surface area contributed by atoms with Crippen LogP contribution in [0.1, 0.15) is 32.1 Å². The van der Waals surface area contributed by atoms with Gasteiger partial charge in [-0.3, -0.25) is 0 Å². The van der Waals surface area contributed by atoms with Crippen LogP contribution in [0.5, 0.6) is 0 Å². The molecule has 1 aliphatic rings. The Hall–Kier alpha value is -1.83. The molecule has 1 fully saturated rings. The van der Waals surface area contributed by atoms with Gasteiger partial charge >= 0.3 is 11.9 Å². The predicted octanol–water partition coefficient (Wildman–Crippen LogP) is 1.80. The zero-order chi connectivity index (χ0) is 12.4. The van der Waals surface area contributed by atoms with Crippen LogP contribution in [-0.2, 0) is 9.59 Å². The number of carboxylic acid groups (broad SMARTS) is 2. The number of carboxylic acids is 2. The van der Waals surface area contributed by atoms with Crippen LogP contribution < -0.4 is 0 Å². The van der Waals surface area contributed by atoms with E-state index in [-0.39, 0.29) is 0 Å². The van der Waals surface area contributed by atoms with Gasteiger partial charge in [0, 0.05) is 18.1 Å². The zero-order valence-corrected chi connectivity index (χ0v) is 8.93. The summed E-state index contributed by atoms with van der Waals surface area (Å²) in [5.74, 6) is -2.12. The average Bonchev–Trinajstić information content (AvgIpc) is 2.28. The summed E-state index contributed by atoms with van der Waals surface area (Å²) in [4.78, 5) is 19.1. The smallest absolute Gasteiger partial charge is 0.328 e. The average molecular weight is 225 g/mol. The highest BCUT2D eigenvalue weighted by Crippen LogP contribution is 2.22. The van der Waals surface area contributed by atoms with Crippen molar-refractivity contribution in [1.29, 1.82) is 5.26 Å². The van der Waals surface area contributed by atoms with Gasteiger partial charge < -0.3 is 10.2 Å². The summed E-state index contributed by atoms with van der Waals surface area (Å²) in [6.45, 7) is 0. The highest BCUT2D eigenvalue weighted by molar-refractivity contribution is 5.89. The van der Waals surface area contributed by atoms with Gasteiger partial charge in [-0.05, 0) is 12.8 Å². The van der Waals surface area contributed by atoms with Crippen molar-refractivity contribution in [2.75, 3.05) is 0 Å². The summed E-state index contributed by atoms with van der Waals surface area (Å²) >= 11 is 0. The van der Waals surface area contributed by atoms with E-state index in [0.29, 0.717) is 18.1 Å². The quantitative estimate of drug-likeness (QED) is 0.698. The van der Waals surface area contributed by atoms with E-state index in [2.05, 4.69) is 6.07 Å². The molecule has 0 aromatic heterocycles. The van der Waals surface area contributed by atoms with Crippen molar-refractivity contribution in [1.82, 2.24) is 0 Å². The third-order valence-corrected chi connectivity index (χ3v) is 2.16. The van der Waals surface area contributed by atoms with E-state index < -0.39 is 11.9 Å². The van der Waals surface area contributed by atoms with Gasteiger partial charge in [0.05, 0.1) is 6.07 Å². The third kappa shape index (κ3) is 8.75. The molecule has 0 aliphatic heterocycles. The zero-order valence-electron chi connectivity index (χ0n) is 8.93. The Labute approximate surface area is 94.0 Å². The van der Waals surface area contributed by atoms with E-state index in [1.54, 1.807) is 0 Å². The Bertz CT molecular complexity index is 282. The molecular formula is C11H15NO4. The molecule has 0 spiro atoms. The molecule has 0 saturated heterocycles. The molecule has 1 saturated carbocycles. The van der Waals surface area contributed by atoms with Crippen molar-refractivity contribution in [3.63, 3.8) is 0 Å². The molecule has 0 radical (unpaired) electrons. The molecule has 0 bridgehead atoms. The van der Waals surface area contributed by atoms with Crippen molar-refractivity contribution in [3.8, 4) is 6.07 Å². The largest absolute Gasteiger partial charge is 0.478 e. The summed E-state index contributed by atoms with van der Waals surface area (Å²) in [6, 6.07) is 2.30. The topological polar surface area (TPSA) is 98.4 Å². The Morgan fingerprint density at radius 1 is 1.06 bits per heavy atom. The predicted molar refractivity (Wildman–Crippen MR) is 56.6 cm³/mol. The lowest BCUT2D eigenvalue weighted by molar-refractivity contribution is -0.134. The van der Waals surface area contributed by atoms with Gasteiger partial charge in [-0.15, -0.1) is 0 Å². The minimum Gasteiger partial charge on any atom is -0.478 e. The molecule has 5 heteroatoms. The molecule has 5 nitrogen and oxygen atoms in total. The molecule has 0 aromatic carbocycles. The van der Waals surface area contributed by atoms with Gasteiger partial charge in [0.25, 0.3) is 0 Å². The first-order valence-electron chi connectivity index (χ1n) is 5.09. The SMILES string of the molecule is N#CC1CCCCC1.O=C(O)/C=C\C(=O)O. The van der Waals surface area contributed by atoms with Gasteiger partial charge in [-0.1, -0.05) is 19.3 Å². The Morgan fingerprint density at radius 2 is 1.50 bits per heavy atom. The number of rotatable bonds is 2. The Kier molecular flexibility index (Phi) is 7.51. The molecule has 0 heterocycles. The lowest BCUT2D eigenvalue weighted by atomic mass is 9.91. The molecule has 88 valence electrons. The lowest BCUT2D eigenvalue weighted by Gasteiger charge is -2.13. The first kappa shape index (κ1) is 14.2. The van der Waals surface area contributed by atoms with E-state index in [9.17, 15) is 9.59 Å². The monoisotopic (exact) mass is 225 g/mol. The van der Waals surface area contributed by atoms with Gasteiger partial charge in [-0.2, -0.15) is 5.26 Å². The fourth-order valence-corrected chi connectivity index (χ4v) is 1.37. The second kappa shape index (κ2) is 8.48. The number of hydrogen-bond acceptors (Lipinski definition) is 3. The molecule has 1 rings (SSSR count). The normalized spacial score (nSPS) is 15.9. The highest BCUT2D eigenvalue weighted by atomic mass is 16.4. The van der Waals surface area contributed by atoms with E-state index in [4.69, 9.17) is 15.5 Å². The molecule has 1 aliphatic carbocycles. The second-order valence-electron chi connectivity index (χ2n) is 3.47. The second-order valence-corrected chi connectivity index (χ2v) is 3.47. The highest BCUT2D eigenvalue weighted by Gasteiger charge is 2.10. The summed E-state index contributed by atoms with van der Waals surface area (Å²) in [5, 5.41) is 24.1. The molecule has 16 heavy (non-hydrogen) atoms. The first-order valence-corrected chi connectivity index (χ1v) is 5.09. The van der Waals surface area contributed by atoms with E-state index in [1.165, 1.54) is 19.3 Å². The summed E-state index contributed by atoms with van der Waals surface area (Å²) in [7, 11) is 0. The van der Waals surface area contributed by atoms with Crippen LogP contribution in [-0.4, -0.2) is 22.2 Å². The first-order chi connectivity index (χ1) is 7.56. The third-order valence-electron chi connectivity index (χ3n) is 2.16. The van der Waals surface area contributed by atoms with Gasteiger partial charge in [0.15, 0.2) is 0 Å². The van der Waals surface area contributed by atoms with Crippen molar-refractivity contribution in [2.45, 2.75) is 32.1 Å². The fourth-order valence-electron chi connectivity index (χ4n) is 1.37. The van der Waals surface area contributed by atoms with Crippen LogP contribution >= 0.6 is 0 Å². The maximum Gasteiger partial charge on any atom is 0.328 e. The minimum atomic E-state index is -1.26. The van der Waals surface area contributed by atoms with E-state index in [1.807, 2.05) is 0 Å². The maximum atomic E-state index is 9.55. The van der Waals surface area contributed by atoms with Gasteiger partial charge in [0.2, 0.25) is 0 Å².